The van der Waals surface area contributed by atoms with Crippen LogP contribution in [0.2, 0.25) is 0 Å². The highest BCUT2D eigenvalue weighted by atomic mass is 35.5. The van der Waals surface area contributed by atoms with Gasteiger partial charge in [-0.1, -0.05) is 12.1 Å². The van der Waals surface area contributed by atoms with E-state index in [9.17, 15) is 14.9 Å². The van der Waals surface area contributed by atoms with Crippen LogP contribution in [0.1, 0.15) is 23.6 Å². The minimum Gasteiger partial charge on any atom is -0.494 e. The van der Waals surface area contributed by atoms with E-state index in [-0.39, 0.29) is 24.1 Å². The SMILES string of the molecule is CNC(CCOc1ccc([N+](=O)[O-])c(C)c1)c1ccc(OC(=O)N(C)C)cc1.Cl. The fourth-order valence-corrected chi connectivity index (χ4v) is 2.66. The fraction of sp³-hybridized carbons (Fsp3) is 0.350. The molecule has 1 unspecified atom stereocenters. The monoisotopic (exact) mass is 423 g/mol. The van der Waals surface area contributed by atoms with Gasteiger partial charge in [0.15, 0.2) is 0 Å². The molecule has 2 aromatic rings. The number of rotatable bonds is 8. The number of nitro benzene ring substituents is 1. The number of ether oxygens (including phenoxy) is 2. The molecule has 0 saturated carbocycles. The highest BCUT2D eigenvalue weighted by molar-refractivity contribution is 5.85. The Bertz CT molecular complexity index is 827. The molecule has 9 heteroatoms. The topological polar surface area (TPSA) is 93.9 Å². The van der Waals surface area contributed by atoms with Crippen LogP contribution in [0.3, 0.4) is 0 Å². The summed E-state index contributed by atoms with van der Waals surface area (Å²) in [5, 5.41) is 14.1. The number of aryl methyl sites for hydroxylation is 1. The van der Waals surface area contributed by atoms with E-state index < -0.39 is 11.0 Å². The molecule has 2 rings (SSSR count). The predicted molar refractivity (Wildman–Crippen MR) is 113 cm³/mol. The lowest BCUT2D eigenvalue weighted by molar-refractivity contribution is -0.385. The van der Waals surface area contributed by atoms with Crippen LogP contribution < -0.4 is 14.8 Å². The molecule has 1 N–H and O–H groups in total. The molecule has 1 amide bonds. The lowest BCUT2D eigenvalue weighted by Crippen LogP contribution is -2.25. The van der Waals surface area contributed by atoms with Gasteiger partial charge in [-0.25, -0.2) is 4.79 Å². The van der Waals surface area contributed by atoms with E-state index in [2.05, 4.69) is 5.32 Å². The second kappa shape index (κ2) is 11.2. The van der Waals surface area contributed by atoms with E-state index in [1.54, 1.807) is 45.3 Å². The Morgan fingerprint density at radius 2 is 1.79 bits per heavy atom. The van der Waals surface area contributed by atoms with Gasteiger partial charge >= 0.3 is 6.09 Å². The Hall–Kier alpha value is -2.84. The zero-order valence-corrected chi connectivity index (χ0v) is 17.7. The molecule has 0 heterocycles. The first-order chi connectivity index (χ1) is 13.3. The Morgan fingerprint density at radius 3 is 2.31 bits per heavy atom. The highest BCUT2D eigenvalue weighted by Gasteiger charge is 2.13. The summed E-state index contributed by atoms with van der Waals surface area (Å²) in [7, 11) is 5.11. The number of hydrogen-bond donors (Lipinski definition) is 1. The third-order valence-electron chi connectivity index (χ3n) is 4.24. The van der Waals surface area contributed by atoms with Crippen molar-refractivity contribution >= 4 is 24.2 Å². The van der Waals surface area contributed by atoms with Crippen molar-refractivity contribution in [1.82, 2.24) is 10.2 Å². The first kappa shape index (κ1) is 24.2. The number of nitro groups is 1. The minimum atomic E-state index is -0.426. The lowest BCUT2D eigenvalue weighted by atomic mass is 10.0. The quantitative estimate of drug-likeness (QED) is 0.507. The zero-order chi connectivity index (χ0) is 20.7. The molecule has 0 aliphatic carbocycles. The van der Waals surface area contributed by atoms with Crippen LogP contribution >= 0.6 is 12.4 Å². The van der Waals surface area contributed by atoms with Crippen molar-refractivity contribution in [3.05, 3.63) is 63.7 Å². The van der Waals surface area contributed by atoms with Crippen molar-refractivity contribution in [1.29, 1.82) is 0 Å². The number of nitrogens with one attached hydrogen (secondary N) is 1. The molecular weight excluding hydrogens is 398 g/mol. The van der Waals surface area contributed by atoms with Crippen molar-refractivity contribution in [2.24, 2.45) is 0 Å². The Balaban J connectivity index is 0.00000420. The van der Waals surface area contributed by atoms with Crippen LogP contribution in [0.5, 0.6) is 11.5 Å². The molecule has 0 saturated heterocycles. The molecule has 29 heavy (non-hydrogen) atoms. The molecule has 0 aliphatic heterocycles. The van der Waals surface area contributed by atoms with Gasteiger partial charge in [0.25, 0.3) is 5.69 Å². The minimum absolute atomic E-state index is 0. The highest BCUT2D eigenvalue weighted by Crippen LogP contribution is 2.24. The summed E-state index contributed by atoms with van der Waals surface area (Å²) in [6.07, 6.45) is 0.272. The summed E-state index contributed by atoms with van der Waals surface area (Å²) in [5.41, 5.74) is 1.68. The molecule has 0 aromatic heterocycles. The molecule has 1 atom stereocenters. The largest absolute Gasteiger partial charge is 0.494 e. The smallest absolute Gasteiger partial charge is 0.414 e. The molecule has 0 spiro atoms. The maximum Gasteiger partial charge on any atom is 0.414 e. The predicted octanol–water partition coefficient (Wildman–Crippen LogP) is 4.12. The second-order valence-electron chi connectivity index (χ2n) is 6.52. The van der Waals surface area contributed by atoms with Crippen LogP contribution in [-0.2, 0) is 0 Å². The molecule has 2 aromatic carbocycles. The van der Waals surface area contributed by atoms with E-state index in [0.29, 0.717) is 30.1 Å². The third-order valence-corrected chi connectivity index (χ3v) is 4.24. The maximum absolute atomic E-state index is 11.6. The molecular formula is C20H26ClN3O5. The summed E-state index contributed by atoms with van der Waals surface area (Å²) in [5.74, 6) is 1.08. The number of hydrogen-bond acceptors (Lipinski definition) is 6. The summed E-state index contributed by atoms with van der Waals surface area (Å²) < 4.78 is 11.0. The number of amides is 1. The number of halogens is 1. The van der Waals surface area contributed by atoms with Gasteiger partial charge in [0.1, 0.15) is 11.5 Å². The van der Waals surface area contributed by atoms with Gasteiger partial charge in [-0.05, 0) is 43.8 Å². The molecule has 0 radical (unpaired) electrons. The first-order valence-corrected chi connectivity index (χ1v) is 8.86. The normalized spacial score (nSPS) is 11.2. The average Bonchev–Trinajstić information content (AvgIpc) is 2.65. The van der Waals surface area contributed by atoms with Gasteiger partial charge in [0, 0.05) is 38.2 Å². The average molecular weight is 424 g/mol. The second-order valence-corrected chi connectivity index (χ2v) is 6.52. The van der Waals surface area contributed by atoms with Crippen molar-refractivity contribution in [2.75, 3.05) is 27.7 Å². The van der Waals surface area contributed by atoms with Crippen molar-refractivity contribution in [3.63, 3.8) is 0 Å². The Labute approximate surface area is 176 Å². The summed E-state index contributed by atoms with van der Waals surface area (Å²) in [6.45, 7) is 2.13. The zero-order valence-electron chi connectivity index (χ0n) is 16.9. The van der Waals surface area contributed by atoms with E-state index in [0.717, 1.165) is 5.56 Å². The number of benzene rings is 2. The molecule has 0 bridgehead atoms. The van der Waals surface area contributed by atoms with Crippen LogP contribution in [0.15, 0.2) is 42.5 Å². The van der Waals surface area contributed by atoms with Crippen LogP contribution in [0.25, 0.3) is 0 Å². The summed E-state index contributed by atoms with van der Waals surface area (Å²) in [6, 6.07) is 12.1. The maximum atomic E-state index is 11.6. The van der Waals surface area contributed by atoms with Gasteiger partial charge in [-0.3, -0.25) is 10.1 Å². The summed E-state index contributed by atoms with van der Waals surface area (Å²) in [4.78, 5) is 23.4. The molecule has 0 aliphatic rings. The molecule has 8 nitrogen and oxygen atoms in total. The van der Waals surface area contributed by atoms with E-state index in [4.69, 9.17) is 9.47 Å². The number of nitrogens with zero attached hydrogens (tertiary/aromatic N) is 2. The Kier molecular flexibility index (Phi) is 9.37. The van der Waals surface area contributed by atoms with E-state index >= 15 is 0 Å². The molecule has 158 valence electrons. The Morgan fingerprint density at radius 1 is 1.17 bits per heavy atom. The molecule has 0 fully saturated rings. The lowest BCUT2D eigenvalue weighted by Gasteiger charge is -2.18. The number of carbonyl (C=O) groups excluding carboxylic acids is 1. The van der Waals surface area contributed by atoms with Crippen LogP contribution in [-0.4, -0.2) is 43.7 Å². The van der Waals surface area contributed by atoms with Gasteiger partial charge in [-0.2, -0.15) is 0 Å². The van der Waals surface area contributed by atoms with Gasteiger partial charge in [-0.15, -0.1) is 12.4 Å². The van der Waals surface area contributed by atoms with E-state index in [1.165, 1.54) is 11.0 Å². The van der Waals surface area contributed by atoms with Crippen molar-refractivity contribution in [2.45, 2.75) is 19.4 Å². The fourth-order valence-electron chi connectivity index (χ4n) is 2.66. The standard InChI is InChI=1S/C20H25N3O5.ClH/c1-14-13-17(9-10-19(14)23(25)26)27-12-11-18(21-2)15-5-7-16(8-6-15)28-20(24)22(3)4;/h5-10,13,18,21H,11-12H2,1-4H3;1H. The van der Waals surface area contributed by atoms with Crippen molar-refractivity contribution in [3.8, 4) is 11.5 Å². The van der Waals surface area contributed by atoms with Gasteiger partial charge < -0.3 is 19.7 Å². The first-order valence-electron chi connectivity index (χ1n) is 8.86. The van der Waals surface area contributed by atoms with Crippen LogP contribution in [0.4, 0.5) is 10.5 Å². The van der Waals surface area contributed by atoms with Crippen molar-refractivity contribution < 1.29 is 19.2 Å². The van der Waals surface area contributed by atoms with Gasteiger partial charge in [0.2, 0.25) is 0 Å². The number of carbonyl (C=O) groups is 1. The van der Waals surface area contributed by atoms with Gasteiger partial charge in [0.05, 0.1) is 11.5 Å². The third kappa shape index (κ3) is 6.92. The van der Waals surface area contributed by atoms with Crippen LogP contribution in [0, 0.1) is 17.0 Å². The summed E-state index contributed by atoms with van der Waals surface area (Å²) >= 11 is 0. The van der Waals surface area contributed by atoms with E-state index in [1.807, 2.05) is 19.2 Å².